The van der Waals surface area contributed by atoms with Crippen LogP contribution in [0.3, 0.4) is 0 Å². The summed E-state index contributed by atoms with van der Waals surface area (Å²) < 4.78 is 41.0. The second-order valence-electron chi connectivity index (χ2n) is 9.79. The number of aromatic nitrogens is 2. The van der Waals surface area contributed by atoms with Crippen molar-refractivity contribution in [1.29, 1.82) is 0 Å². The van der Waals surface area contributed by atoms with Crippen molar-refractivity contribution in [2.24, 2.45) is 5.73 Å². The zero-order valence-electron chi connectivity index (χ0n) is 24.5. The predicted octanol–water partition coefficient (Wildman–Crippen LogP) is 6.56. The highest BCUT2D eigenvalue weighted by molar-refractivity contribution is 6.35. The molecule has 2 aromatic rings. The maximum Gasteiger partial charge on any atom is 0.435 e. The molecule has 0 fully saturated rings. The summed E-state index contributed by atoms with van der Waals surface area (Å²) in [6.07, 6.45) is 5.10. The number of allylic oxidation sites excluding steroid dienone is 4. The molecule has 2 rings (SSSR count). The van der Waals surface area contributed by atoms with Gasteiger partial charge in [-0.05, 0) is 70.4 Å². The molecule has 4 N–H and O–H groups in total. The van der Waals surface area contributed by atoms with Gasteiger partial charge in [0.2, 0.25) is 0 Å². The second-order valence-corrected chi connectivity index (χ2v) is 10.7. The number of alkyl halides is 3. The zero-order valence-corrected chi connectivity index (χ0v) is 26.0. The molecule has 12 heteroatoms. The molecule has 1 aromatic heterocycles. The number of halogens is 5. The lowest BCUT2D eigenvalue weighted by Crippen LogP contribution is -2.33. The summed E-state index contributed by atoms with van der Waals surface area (Å²) in [5, 5.41) is 9.94. The van der Waals surface area contributed by atoms with Crippen LogP contribution in [0.2, 0.25) is 5.02 Å². The molecule has 0 aliphatic carbocycles. The Kier molecular flexibility index (Phi) is 12.5. The Hall–Kier alpha value is -3.50. The van der Waals surface area contributed by atoms with E-state index >= 15 is 0 Å². The largest absolute Gasteiger partial charge is 0.435 e. The lowest BCUT2D eigenvalue weighted by Gasteiger charge is -2.15. The van der Waals surface area contributed by atoms with Gasteiger partial charge in [-0.15, -0.1) is 0 Å². The average molecular weight is 627 g/mol. The highest BCUT2D eigenvalue weighted by Crippen LogP contribution is 2.30. The van der Waals surface area contributed by atoms with Gasteiger partial charge in [0.05, 0.1) is 21.3 Å². The first kappa shape index (κ1) is 34.7. The molecular weight excluding hydrogens is 590 g/mol. The van der Waals surface area contributed by atoms with Gasteiger partial charge in [-0.3, -0.25) is 9.59 Å². The van der Waals surface area contributed by atoms with Gasteiger partial charge in [-0.1, -0.05) is 65.6 Å². The van der Waals surface area contributed by atoms with E-state index < -0.39 is 29.4 Å². The van der Waals surface area contributed by atoms with Crippen molar-refractivity contribution in [1.82, 2.24) is 15.1 Å². The molecular formula is C30H36Cl2F3N5O2. The Morgan fingerprint density at radius 1 is 1.12 bits per heavy atom. The lowest BCUT2D eigenvalue weighted by molar-refractivity contribution is -0.141. The van der Waals surface area contributed by atoms with E-state index in [4.69, 9.17) is 28.9 Å². The molecule has 0 bridgehead atoms. The van der Waals surface area contributed by atoms with Gasteiger partial charge < -0.3 is 16.4 Å². The molecule has 0 atom stereocenters. The molecule has 0 aliphatic rings. The van der Waals surface area contributed by atoms with Crippen LogP contribution in [-0.4, -0.2) is 28.1 Å². The van der Waals surface area contributed by atoms with E-state index in [2.05, 4.69) is 21.8 Å². The predicted molar refractivity (Wildman–Crippen MR) is 164 cm³/mol. The van der Waals surface area contributed by atoms with Crippen molar-refractivity contribution in [2.75, 3.05) is 11.9 Å². The Bertz CT molecular complexity index is 1550. The number of benzene rings is 1. The fourth-order valence-electron chi connectivity index (χ4n) is 3.96. The van der Waals surface area contributed by atoms with Gasteiger partial charge in [0, 0.05) is 12.6 Å². The molecule has 1 aromatic carbocycles. The van der Waals surface area contributed by atoms with E-state index in [1.54, 1.807) is 19.1 Å². The number of anilines is 1. The fraction of sp³-hybridized carbons (Fsp3) is 0.367. The van der Waals surface area contributed by atoms with Gasteiger partial charge in [0.25, 0.3) is 11.8 Å². The molecule has 0 spiro atoms. The van der Waals surface area contributed by atoms with Crippen molar-refractivity contribution < 1.29 is 22.8 Å². The van der Waals surface area contributed by atoms with Crippen LogP contribution in [-0.2, 0) is 6.18 Å². The maximum atomic E-state index is 13.5. The Balaban J connectivity index is 2.58. The molecule has 7 nitrogen and oxygen atoms in total. The van der Waals surface area contributed by atoms with Gasteiger partial charge in [-0.25, -0.2) is 4.68 Å². The van der Waals surface area contributed by atoms with Crippen LogP contribution in [0.4, 0.5) is 18.9 Å². The molecule has 2 amide bonds. The highest BCUT2D eigenvalue weighted by atomic mass is 35.5. The summed E-state index contributed by atoms with van der Waals surface area (Å²) in [6.45, 7) is 11.2. The number of carbonyl (C=O) groups is 2. The summed E-state index contributed by atoms with van der Waals surface area (Å²) in [7, 11) is 0. The molecule has 1 heterocycles. The summed E-state index contributed by atoms with van der Waals surface area (Å²) in [6, 6.07) is 2.13. The van der Waals surface area contributed by atoms with E-state index in [-0.39, 0.29) is 33.7 Å². The van der Waals surface area contributed by atoms with Crippen LogP contribution in [0, 0.1) is 0 Å². The number of nitrogens with two attached hydrogens (primary N) is 1. The number of amides is 2. The standard InChI is InChI=1S/C30H36Cl2F3N5O2/c1-7-10-20-15-22(28(41)37-14-13-18(5)12-9-11-17(3)4)26(25(32)21(20)8-2)38-29(42)23-16-24(30(33,34)35)39-40(23)27(36)19(6)31/h8,10-11,13,15-16H,7,9,12,14,36H2,1-6H3,(H,37,41)(H,38,42)/b18-13+,20-10-,21-8+,27-19-. The molecule has 0 aliphatic heterocycles. The first-order valence-electron chi connectivity index (χ1n) is 13.3. The van der Waals surface area contributed by atoms with E-state index in [0.717, 1.165) is 18.4 Å². The maximum absolute atomic E-state index is 13.5. The smallest absolute Gasteiger partial charge is 0.383 e. The number of rotatable bonds is 10. The second kappa shape index (κ2) is 15.1. The van der Waals surface area contributed by atoms with Gasteiger partial charge in [0.1, 0.15) is 11.5 Å². The first-order valence-corrected chi connectivity index (χ1v) is 14.0. The molecule has 0 saturated heterocycles. The van der Waals surface area contributed by atoms with Crippen molar-refractivity contribution in [3.8, 4) is 0 Å². The fourth-order valence-corrected chi connectivity index (χ4v) is 4.41. The quantitative estimate of drug-likeness (QED) is 0.260. The molecule has 0 unspecified atom stereocenters. The van der Waals surface area contributed by atoms with Crippen LogP contribution < -0.4 is 26.8 Å². The number of hydrogen-bond donors (Lipinski definition) is 3. The third-order valence-electron chi connectivity index (χ3n) is 6.15. The monoisotopic (exact) mass is 625 g/mol. The number of nitrogens with zero attached hydrogens (tertiary/aromatic N) is 2. The SMILES string of the molecule is C/C=c1/c(Cl)c(NC(=O)c2cc(C(F)(F)F)nn2/C(N)=C(/C)Cl)c(C(=O)NC/C=C(\C)CCC=C(C)C)c/c1=C/CC. The summed E-state index contributed by atoms with van der Waals surface area (Å²) in [5.41, 5.74) is 6.23. The molecule has 0 radical (unpaired) electrons. The Labute approximate surface area is 253 Å². The van der Waals surface area contributed by atoms with E-state index in [9.17, 15) is 22.8 Å². The van der Waals surface area contributed by atoms with E-state index in [1.807, 2.05) is 39.8 Å². The molecule has 42 heavy (non-hydrogen) atoms. The Morgan fingerprint density at radius 2 is 1.79 bits per heavy atom. The third kappa shape index (κ3) is 9.00. The minimum absolute atomic E-state index is 0.0355. The topological polar surface area (TPSA) is 102 Å². The zero-order chi connectivity index (χ0) is 31.8. The summed E-state index contributed by atoms with van der Waals surface area (Å²) in [5.74, 6) is -1.93. The summed E-state index contributed by atoms with van der Waals surface area (Å²) >= 11 is 12.6. The van der Waals surface area contributed by atoms with Crippen LogP contribution in [0.25, 0.3) is 18.0 Å². The first-order chi connectivity index (χ1) is 19.6. The minimum Gasteiger partial charge on any atom is -0.383 e. The third-order valence-corrected chi connectivity index (χ3v) is 6.74. The lowest BCUT2D eigenvalue weighted by atomic mass is 10.1. The van der Waals surface area contributed by atoms with Crippen molar-refractivity contribution in [3.05, 3.63) is 72.9 Å². The number of nitrogens with one attached hydrogen (secondary N) is 2. The van der Waals surface area contributed by atoms with Crippen molar-refractivity contribution in [3.63, 3.8) is 0 Å². The molecule has 0 saturated carbocycles. The van der Waals surface area contributed by atoms with Crippen LogP contribution in [0.5, 0.6) is 0 Å². The highest BCUT2D eigenvalue weighted by Gasteiger charge is 2.36. The molecule has 228 valence electrons. The number of carbonyl (C=O) groups excluding carboxylic acids is 2. The minimum atomic E-state index is -4.86. The summed E-state index contributed by atoms with van der Waals surface area (Å²) in [4.78, 5) is 26.8. The van der Waals surface area contributed by atoms with Gasteiger partial charge >= 0.3 is 6.18 Å². The van der Waals surface area contributed by atoms with Crippen molar-refractivity contribution in [2.45, 2.75) is 67.0 Å². The normalized spacial score (nSPS) is 13.6. The van der Waals surface area contributed by atoms with Crippen LogP contribution >= 0.6 is 23.2 Å². The average Bonchev–Trinajstić information content (AvgIpc) is 3.36. The van der Waals surface area contributed by atoms with Crippen LogP contribution in [0.1, 0.15) is 87.3 Å². The Morgan fingerprint density at radius 3 is 2.33 bits per heavy atom. The van der Waals surface area contributed by atoms with Gasteiger partial charge in [-0.2, -0.15) is 18.3 Å². The van der Waals surface area contributed by atoms with Crippen molar-refractivity contribution >= 4 is 58.7 Å². The van der Waals surface area contributed by atoms with E-state index in [0.29, 0.717) is 27.6 Å². The van der Waals surface area contributed by atoms with Gasteiger partial charge in [0.15, 0.2) is 5.69 Å². The van der Waals surface area contributed by atoms with E-state index in [1.165, 1.54) is 12.5 Å². The number of hydrogen-bond acceptors (Lipinski definition) is 4. The van der Waals surface area contributed by atoms with Crippen LogP contribution in [0.15, 0.2) is 40.5 Å².